The molecule has 0 spiro atoms. The Morgan fingerprint density at radius 2 is 2.11 bits per heavy atom. The molecule has 0 aliphatic heterocycles. The summed E-state index contributed by atoms with van der Waals surface area (Å²) in [6.07, 6.45) is 1.84. The van der Waals surface area contributed by atoms with Crippen LogP contribution in [0.3, 0.4) is 0 Å². The van der Waals surface area contributed by atoms with Crippen LogP contribution in [0.25, 0.3) is 0 Å². The average molecular weight is 283 g/mol. The van der Waals surface area contributed by atoms with Crippen LogP contribution in [0.4, 0.5) is 5.00 Å². The van der Waals surface area contributed by atoms with E-state index in [0.29, 0.717) is 9.88 Å². The van der Waals surface area contributed by atoms with Gasteiger partial charge in [0, 0.05) is 5.92 Å². The minimum atomic E-state index is -0.677. The standard InChI is InChI=1S/C11H13N3O4S/c12-8(15)5-18-14-11(17)7-3-4-9(19-7)13-10(16)6-1-2-6/h3-4,6H,1-2,5H2,(H2,12,15)(H,13,16)(H,14,17). The van der Waals surface area contributed by atoms with Gasteiger partial charge in [-0.05, 0) is 25.0 Å². The number of nitrogens with two attached hydrogens (primary N) is 1. The van der Waals surface area contributed by atoms with Crippen molar-refractivity contribution in [3.63, 3.8) is 0 Å². The van der Waals surface area contributed by atoms with E-state index in [-0.39, 0.29) is 18.4 Å². The first-order chi connectivity index (χ1) is 9.06. The molecule has 0 unspecified atom stereocenters. The lowest BCUT2D eigenvalue weighted by atomic mass is 10.4. The smallest absolute Gasteiger partial charge is 0.284 e. The van der Waals surface area contributed by atoms with Gasteiger partial charge in [0.15, 0.2) is 6.61 Å². The molecule has 0 aromatic carbocycles. The lowest BCUT2D eigenvalue weighted by Crippen LogP contribution is -2.28. The number of primary amides is 1. The topological polar surface area (TPSA) is 111 Å². The van der Waals surface area contributed by atoms with Gasteiger partial charge in [-0.1, -0.05) is 0 Å². The fourth-order valence-electron chi connectivity index (χ4n) is 1.32. The van der Waals surface area contributed by atoms with Gasteiger partial charge < -0.3 is 11.1 Å². The molecule has 1 fully saturated rings. The third-order valence-corrected chi connectivity index (χ3v) is 3.40. The highest BCUT2D eigenvalue weighted by molar-refractivity contribution is 7.18. The number of amides is 3. The van der Waals surface area contributed by atoms with Crippen molar-refractivity contribution >= 4 is 34.1 Å². The van der Waals surface area contributed by atoms with Crippen LogP contribution in [-0.4, -0.2) is 24.3 Å². The molecule has 3 amide bonds. The van der Waals surface area contributed by atoms with Gasteiger partial charge in [0.1, 0.15) is 0 Å². The summed E-state index contributed by atoms with van der Waals surface area (Å²) in [6.45, 7) is -0.387. The van der Waals surface area contributed by atoms with Gasteiger partial charge in [-0.3, -0.25) is 19.2 Å². The predicted molar refractivity (Wildman–Crippen MR) is 68.3 cm³/mol. The van der Waals surface area contributed by atoms with Gasteiger partial charge in [0.25, 0.3) is 5.91 Å². The van der Waals surface area contributed by atoms with E-state index in [2.05, 4.69) is 15.6 Å². The van der Waals surface area contributed by atoms with Gasteiger partial charge in [-0.2, -0.15) is 0 Å². The van der Waals surface area contributed by atoms with Crippen LogP contribution in [-0.2, 0) is 14.4 Å². The van der Waals surface area contributed by atoms with Gasteiger partial charge in [0.2, 0.25) is 11.8 Å². The zero-order valence-corrected chi connectivity index (χ0v) is 10.8. The maximum atomic E-state index is 11.6. The van der Waals surface area contributed by atoms with Crippen molar-refractivity contribution < 1.29 is 19.2 Å². The Bertz CT molecular complexity index is 510. The lowest BCUT2D eigenvalue weighted by Gasteiger charge is -2.02. The minimum absolute atomic E-state index is 0.0150. The number of hydroxylamine groups is 1. The molecule has 102 valence electrons. The fraction of sp³-hybridized carbons (Fsp3) is 0.364. The van der Waals surface area contributed by atoms with Crippen molar-refractivity contribution in [2.45, 2.75) is 12.8 Å². The summed E-state index contributed by atoms with van der Waals surface area (Å²) in [5.41, 5.74) is 6.94. The summed E-state index contributed by atoms with van der Waals surface area (Å²) >= 11 is 1.13. The van der Waals surface area contributed by atoms with E-state index in [1.165, 1.54) is 0 Å². The Morgan fingerprint density at radius 3 is 2.74 bits per heavy atom. The number of carbonyl (C=O) groups is 3. The largest absolute Gasteiger partial charge is 0.368 e. The van der Waals surface area contributed by atoms with Gasteiger partial charge in [0.05, 0.1) is 9.88 Å². The van der Waals surface area contributed by atoms with Crippen LogP contribution in [0, 0.1) is 5.92 Å². The number of hydrogen-bond donors (Lipinski definition) is 3. The monoisotopic (exact) mass is 283 g/mol. The van der Waals surface area contributed by atoms with E-state index >= 15 is 0 Å². The second kappa shape index (κ2) is 5.81. The number of carbonyl (C=O) groups excluding carboxylic acids is 3. The van der Waals surface area contributed by atoms with E-state index in [1.54, 1.807) is 12.1 Å². The zero-order valence-electron chi connectivity index (χ0n) is 9.97. The number of anilines is 1. The summed E-state index contributed by atoms with van der Waals surface area (Å²) in [7, 11) is 0. The van der Waals surface area contributed by atoms with Crippen LogP contribution in [0.15, 0.2) is 12.1 Å². The van der Waals surface area contributed by atoms with Crippen LogP contribution >= 0.6 is 11.3 Å². The molecule has 19 heavy (non-hydrogen) atoms. The summed E-state index contributed by atoms with van der Waals surface area (Å²) in [4.78, 5) is 38.5. The highest BCUT2D eigenvalue weighted by Crippen LogP contribution is 2.31. The molecule has 1 aromatic heterocycles. The van der Waals surface area contributed by atoms with Crippen molar-refractivity contribution in [2.75, 3.05) is 11.9 Å². The predicted octanol–water partition coefficient (Wildman–Crippen LogP) is 0.243. The molecule has 0 saturated heterocycles. The highest BCUT2D eigenvalue weighted by Gasteiger charge is 2.29. The number of rotatable bonds is 6. The number of hydrogen-bond acceptors (Lipinski definition) is 5. The van der Waals surface area contributed by atoms with Gasteiger partial charge in [-0.25, -0.2) is 5.48 Å². The second-order valence-corrected chi connectivity index (χ2v) is 5.20. The normalized spacial score (nSPS) is 13.9. The van der Waals surface area contributed by atoms with Crippen molar-refractivity contribution in [2.24, 2.45) is 11.7 Å². The molecule has 1 aromatic rings. The Kier molecular flexibility index (Phi) is 4.13. The Labute approximate surface area is 113 Å². The first kappa shape index (κ1) is 13.5. The quantitative estimate of drug-likeness (QED) is 0.649. The van der Waals surface area contributed by atoms with Crippen LogP contribution in [0.2, 0.25) is 0 Å². The van der Waals surface area contributed by atoms with Gasteiger partial charge >= 0.3 is 0 Å². The van der Waals surface area contributed by atoms with Crippen molar-refractivity contribution in [3.8, 4) is 0 Å². The summed E-state index contributed by atoms with van der Waals surface area (Å²) in [6, 6.07) is 3.21. The Hall–Kier alpha value is -1.93. The van der Waals surface area contributed by atoms with Crippen LogP contribution < -0.4 is 16.5 Å². The highest BCUT2D eigenvalue weighted by atomic mass is 32.1. The maximum absolute atomic E-state index is 11.6. The fourth-order valence-corrected chi connectivity index (χ4v) is 2.11. The zero-order chi connectivity index (χ0) is 13.8. The number of nitrogens with one attached hydrogen (secondary N) is 2. The molecule has 8 heteroatoms. The summed E-state index contributed by atoms with van der Waals surface area (Å²) < 4.78 is 0. The Balaban J connectivity index is 1.83. The Morgan fingerprint density at radius 1 is 1.37 bits per heavy atom. The van der Waals surface area contributed by atoms with Crippen molar-refractivity contribution in [3.05, 3.63) is 17.0 Å². The SMILES string of the molecule is NC(=O)CONC(=O)c1ccc(NC(=O)C2CC2)s1. The molecule has 1 heterocycles. The van der Waals surface area contributed by atoms with E-state index in [4.69, 9.17) is 5.73 Å². The molecule has 1 aliphatic rings. The molecule has 4 N–H and O–H groups in total. The molecule has 0 radical (unpaired) electrons. The molecule has 2 rings (SSSR count). The average Bonchev–Trinajstić information content (AvgIpc) is 3.10. The van der Waals surface area contributed by atoms with Crippen LogP contribution in [0.1, 0.15) is 22.5 Å². The molecular formula is C11H13N3O4S. The second-order valence-electron chi connectivity index (χ2n) is 4.11. The molecule has 7 nitrogen and oxygen atoms in total. The molecule has 1 aliphatic carbocycles. The molecule has 0 atom stereocenters. The van der Waals surface area contributed by atoms with E-state index in [0.717, 1.165) is 24.2 Å². The minimum Gasteiger partial charge on any atom is -0.368 e. The molecular weight excluding hydrogens is 270 g/mol. The van der Waals surface area contributed by atoms with E-state index in [9.17, 15) is 14.4 Å². The van der Waals surface area contributed by atoms with Gasteiger partial charge in [-0.15, -0.1) is 11.3 Å². The third-order valence-electron chi connectivity index (χ3n) is 2.40. The third kappa shape index (κ3) is 4.04. The molecule has 1 saturated carbocycles. The van der Waals surface area contributed by atoms with E-state index in [1.807, 2.05) is 0 Å². The summed E-state index contributed by atoms with van der Waals surface area (Å²) in [5, 5.41) is 3.35. The number of thiophene rings is 1. The lowest BCUT2D eigenvalue weighted by molar-refractivity contribution is -0.124. The molecule has 0 bridgehead atoms. The van der Waals surface area contributed by atoms with Crippen LogP contribution in [0.5, 0.6) is 0 Å². The van der Waals surface area contributed by atoms with Crippen molar-refractivity contribution in [1.82, 2.24) is 5.48 Å². The first-order valence-corrected chi connectivity index (χ1v) is 6.49. The van der Waals surface area contributed by atoms with Crippen molar-refractivity contribution in [1.29, 1.82) is 0 Å². The van der Waals surface area contributed by atoms with E-state index < -0.39 is 11.8 Å². The summed E-state index contributed by atoms with van der Waals surface area (Å²) in [5.74, 6) is -1.07. The maximum Gasteiger partial charge on any atom is 0.284 e. The first-order valence-electron chi connectivity index (χ1n) is 5.67.